The second-order valence-electron chi connectivity index (χ2n) is 5.54. The molecule has 1 aromatic heterocycles. The van der Waals surface area contributed by atoms with Crippen molar-refractivity contribution >= 4 is 5.82 Å². The van der Waals surface area contributed by atoms with Crippen LogP contribution in [-0.4, -0.2) is 4.98 Å². The first-order valence-electron chi connectivity index (χ1n) is 7.51. The fraction of sp³-hybridized carbons (Fsp3) is 0.105. The van der Waals surface area contributed by atoms with Crippen molar-refractivity contribution in [2.45, 2.75) is 13.1 Å². The fourth-order valence-electron chi connectivity index (χ4n) is 2.52. The lowest BCUT2D eigenvalue weighted by molar-refractivity contribution is -0.138. The Kier molecular flexibility index (Phi) is 4.35. The number of nitrogen functional groups attached to an aromatic ring is 1. The van der Waals surface area contributed by atoms with E-state index in [9.17, 15) is 13.2 Å². The Bertz CT molecular complexity index is 890. The summed E-state index contributed by atoms with van der Waals surface area (Å²) in [5, 5.41) is 0. The second-order valence-corrected chi connectivity index (χ2v) is 5.54. The normalized spacial score (nSPS) is 11.4. The summed E-state index contributed by atoms with van der Waals surface area (Å²) in [5.41, 5.74) is 6.98. The van der Waals surface area contributed by atoms with Crippen LogP contribution in [0.3, 0.4) is 0 Å². The van der Waals surface area contributed by atoms with Crippen LogP contribution in [0.2, 0.25) is 0 Å². The molecular weight excluding hydrogens is 329 g/mol. The number of hydrogen-bond donors (Lipinski definition) is 1. The van der Waals surface area contributed by atoms with E-state index >= 15 is 0 Å². The Hall–Kier alpha value is -3.02. The highest BCUT2D eigenvalue weighted by Gasteiger charge is 2.32. The minimum atomic E-state index is -4.37. The Labute approximate surface area is 142 Å². The summed E-state index contributed by atoms with van der Waals surface area (Å²) in [6.45, 7) is 1.41. The molecule has 25 heavy (non-hydrogen) atoms. The topological polar surface area (TPSA) is 48.1 Å². The van der Waals surface area contributed by atoms with Crippen LogP contribution in [0.25, 0.3) is 11.1 Å². The zero-order valence-corrected chi connectivity index (χ0v) is 13.3. The molecule has 0 saturated heterocycles. The highest BCUT2D eigenvalue weighted by Crippen LogP contribution is 2.34. The smallest absolute Gasteiger partial charge is 0.416 e. The van der Waals surface area contributed by atoms with E-state index in [1.54, 1.807) is 24.4 Å². The fourth-order valence-corrected chi connectivity index (χ4v) is 2.52. The molecule has 2 aromatic carbocycles. The molecule has 0 fully saturated rings. The van der Waals surface area contributed by atoms with Crippen LogP contribution in [0.15, 0.2) is 60.8 Å². The maximum absolute atomic E-state index is 12.8. The van der Waals surface area contributed by atoms with Crippen LogP contribution in [-0.2, 0) is 6.18 Å². The highest BCUT2D eigenvalue weighted by molar-refractivity contribution is 5.73. The molecule has 3 nitrogen and oxygen atoms in total. The summed E-state index contributed by atoms with van der Waals surface area (Å²) in [6, 6.07) is 14.5. The first-order valence-corrected chi connectivity index (χ1v) is 7.51. The van der Waals surface area contributed by atoms with Gasteiger partial charge in [0.2, 0.25) is 0 Å². The van der Waals surface area contributed by atoms with Crippen LogP contribution in [0.1, 0.15) is 11.1 Å². The van der Waals surface area contributed by atoms with Crippen LogP contribution in [0.5, 0.6) is 11.5 Å². The molecule has 0 radical (unpaired) electrons. The first kappa shape index (κ1) is 16.8. The van der Waals surface area contributed by atoms with Crippen molar-refractivity contribution in [1.29, 1.82) is 0 Å². The van der Waals surface area contributed by atoms with Crippen molar-refractivity contribution in [1.82, 2.24) is 4.98 Å². The van der Waals surface area contributed by atoms with E-state index in [0.717, 1.165) is 17.2 Å². The van der Waals surface area contributed by atoms with Gasteiger partial charge in [-0.25, -0.2) is 4.98 Å². The zero-order chi connectivity index (χ0) is 18.0. The molecule has 3 rings (SSSR count). The van der Waals surface area contributed by atoms with Gasteiger partial charge in [0, 0.05) is 11.8 Å². The van der Waals surface area contributed by atoms with Crippen LogP contribution >= 0.6 is 0 Å². The lowest BCUT2D eigenvalue weighted by Gasteiger charge is -2.12. The monoisotopic (exact) mass is 344 g/mol. The summed E-state index contributed by atoms with van der Waals surface area (Å²) in [5.74, 6) is 1.29. The summed E-state index contributed by atoms with van der Waals surface area (Å²) in [6.07, 6.45) is -2.75. The Morgan fingerprint density at radius 3 is 2.24 bits per heavy atom. The Balaban J connectivity index is 1.80. The zero-order valence-electron chi connectivity index (χ0n) is 13.3. The van der Waals surface area contributed by atoms with Gasteiger partial charge in [0.1, 0.15) is 17.3 Å². The van der Waals surface area contributed by atoms with Crippen LogP contribution in [0, 0.1) is 6.92 Å². The van der Waals surface area contributed by atoms with E-state index in [1.165, 1.54) is 19.1 Å². The van der Waals surface area contributed by atoms with E-state index in [1.807, 2.05) is 18.2 Å². The third-order valence-electron chi connectivity index (χ3n) is 3.74. The summed E-state index contributed by atoms with van der Waals surface area (Å²) in [4.78, 5) is 4.04. The van der Waals surface area contributed by atoms with Gasteiger partial charge >= 0.3 is 6.18 Å². The van der Waals surface area contributed by atoms with Gasteiger partial charge in [-0.05, 0) is 60.5 Å². The van der Waals surface area contributed by atoms with Gasteiger partial charge < -0.3 is 10.5 Å². The van der Waals surface area contributed by atoms with Crippen molar-refractivity contribution in [3.63, 3.8) is 0 Å². The molecule has 0 spiro atoms. The van der Waals surface area contributed by atoms with Gasteiger partial charge in [0.05, 0.1) is 5.56 Å². The van der Waals surface area contributed by atoms with E-state index in [-0.39, 0.29) is 5.56 Å². The predicted octanol–water partition coefficient (Wildman–Crippen LogP) is 5.45. The molecule has 0 aliphatic rings. The lowest BCUT2D eigenvalue weighted by atomic mass is 10.1. The Morgan fingerprint density at radius 2 is 1.64 bits per heavy atom. The number of aryl methyl sites for hydroxylation is 1. The number of anilines is 1. The van der Waals surface area contributed by atoms with E-state index in [2.05, 4.69) is 4.98 Å². The van der Waals surface area contributed by atoms with Gasteiger partial charge in [-0.1, -0.05) is 12.1 Å². The molecule has 0 amide bonds. The van der Waals surface area contributed by atoms with Crippen LogP contribution < -0.4 is 10.5 Å². The third kappa shape index (κ3) is 3.74. The number of aromatic nitrogens is 1. The number of rotatable bonds is 3. The molecule has 0 unspecified atom stereocenters. The second kappa shape index (κ2) is 6.47. The molecule has 3 aromatic rings. The number of nitrogens with zero attached hydrogens (tertiary/aromatic N) is 1. The molecule has 0 bridgehead atoms. The van der Waals surface area contributed by atoms with Gasteiger partial charge in [0.15, 0.2) is 0 Å². The predicted molar refractivity (Wildman–Crippen MR) is 90.3 cm³/mol. The molecule has 1 heterocycles. The van der Waals surface area contributed by atoms with Crippen molar-refractivity contribution in [3.05, 3.63) is 71.9 Å². The highest BCUT2D eigenvalue weighted by atomic mass is 19.4. The molecule has 128 valence electrons. The quantitative estimate of drug-likeness (QED) is 0.687. The molecule has 0 aliphatic heterocycles. The van der Waals surface area contributed by atoms with Crippen molar-refractivity contribution < 1.29 is 17.9 Å². The minimum absolute atomic E-state index is 0.116. The summed E-state index contributed by atoms with van der Waals surface area (Å²) < 4.78 is 44.0. The van der Waals surface area contributed by atoms with Gasteiger partial charge in [-0.15, -0.1) is 0 Å². The molecule has 0 aliphatic carbocycles. The molecule has 0 atom stereocenters. The number of pyridine rings is 1. The van der Waals surface area contributed by atoms with E-state index < -0.39 is 11.7 Å². The summed E-state index contributed by atoms with van der Waals surface area (Å²) >= 11 is 0. The van der Waals surface area contributed by atoms with Gasteiger partial charge in [-0.3, -0.25) is 0 Å². The van der Waals surface area contributed by atoms with Crippen molar-refractivity contribution in [3.8, 4) is 22.6 Å². The number of hydrogen-bond acceptors (Lipinski definition) is 3. The van der Waals surface area contributed by atoms with E-state index in [4.69, 9.17) is 10.5 Å². The first-order chi connectivity index (χ1) is 11.8. The number of benzene rings is 2. The maximum atomic E-state index is 12.8. The number of alkyl halides is 3. The largest absolute Gasteiger partial charge is 0.457 e. The third-order valence-corrected chi connectivity index (χ3v) is 3.74. The standard InChI is InChI=1S/C19H15F3N2O/c1-12-11-15(8-9-17(12)19(20,21)22)25-14-6-4-13(5-7-14)16-3-2-10-24-18(16)23/h2-11H,1H3,(H2,23,24). The SMILES string of the molecule is Cc1cc(Oc2ccc(-c3cccnc3N)cc2)ccc1C(F)(F)F. The Morgan fingerprint density at radius 1 is 0.960 bits per heavy atom. The van der Waals surface area contributed by atoms with Crippen molar-refractivity contribution in [2.75, 3.05) is 5.73 Å². The van der Waals surface area contributed by atoms with E-state index in [0.29, 0.717) is 17.3 Å². The van der Waals surface area contributed by atoms with Crippen molar-refractivity contribution in [2.24, 2.45) is 0 Å². The molecule has 0 saturated carbocycles. The average Bonchev–Trinajstić information content (AvgIpc) is 2.55. The summed E-state index contributed by atoms with van der Waals surface area (Å²) in [7, 11) is 0. The molecular formula is C19H15F3N2O. The lowest BCUT2D eigenvalue weighted by Crippen LogP contribution is -2.07. The minimum Gasteiger partial charge on any atom is -0.457 e. The van der Waals surface area contributed by atoms with Gasteiger partial charge in [-0.2, -0.15) is 13.2 Å². The maximum Gasteiger partial charge on any atom is 0.416 e. The van der Waals surface area contributed by atoms with Crippen LogP contribution in [0.4, 0.5) is 19.0 Å². The average molecular weight is 344 g/mol. The number of nitrogens with two attached hydrogens (primary N) is 1. The number of halogens is 3. The van der Waals surface area contributed by atoms with Gasteiger partial charge in [0.25, 0.3) is 0 Å². The molecule has 2 N–H and O–H groups in total. The molecule has 6 heteroatoms. The number of ether oxygens (including phenoxy) is 1.